The standard InChI is InChI=1S/C13H15NO2/c1-15-10-11-4-6-12(7-5-11)14-9-13-3-2-8-16-13/h2-8,14H,9-10H2,1H3. The molecule has 3 heteroatoms. The summed E-state index contributed by atoms with van der Waals surface area (Å²) < 4.78 is 10.3. The van der Waals surface area contributed by atoms with E-state index in [4.69, 9.17) is 9.15 Å². The molecule has 0 fully saturated rings. The fourth-order valence-electron chi connectivity index (χ4n) is 1.49. The molecule has 0 aliphatic carbocycles. The van der Waals surface area contributed by atoms with Crippen LogP contribution in [0.15, 0.2) is 47.1 Å². The molecule has 0 atom stereocenters. The predicted octanol–water partition coefficient (Wildman–Crippen LogP) is 3.04. The monoisotopic (exact) mass is 217 g/mol. The van der Waals surface area contributed by atoms with Crippen LogP contribution in [-0.4, -0.2) is 7.11 Å². The molecule has 3 nitrogen and oxygen atoms in total. The lowest BCUT2D eigenvalue weighted by Crippen LogP contribution is -1.98. The second-order valence-corrected chi connectivity index (χ2v) is 3.56. The average Bonchev–Trinajstić information content (AvgIpc) is 2.82. The number of benzene rings is 1. The molecule has 0 bridgehead atoms. The van der Waals surface area contributed by atoms with E-state index in [-0.39, 0.29) is 0 Å². The molecular weight excluding hydrogens is 202 g/mol. The van der Waals surface area contributed by atoms with Gasteiger partial charge < -0.3 is 14.5 Å². The lowest BCUT2D eigenvalue weighted by atomic mass is 10.2. The van der Waals surface area contributed by atoms with Crippen molar-refractivity contribution in [3.05, 3.63) is 54.0 Å². The van der Waals surface area contributed by atoms with Crippen LogP contribution in [0.1, 0.15) is 11.3 Å². The maximum Gasteiger partial charge on any atom is 0.122 e. The molecule has 1 aromatic heterocycles. The van der Waals surface area contributed by atoms with Crippen LogP contribution in [0.3, 0.4) is 0 Å². The van der Waals surface area contributed by atoms with E-state index >= 15 is 0 Å². The van der Waals surface area contributed by atoms with E-state index in [9.17, 15) is 0 Å². The zero-order chi connectivity index (χ0) is 11.2. The molecule has 0 saturated carbocycles. The normalized spacial score (nSPS) is 10.3. The van der Waals surface area contributed by atoms with E-state index in [0.717, 1.165) is 11.4 Å². The highest BCUT2D eigenvalue weighted by Gasteiger charge is 1.96. The first kappa shape index (κ1) is 10.8. The van der Waals surface area contributed by atoms with Crippen molar-refractivity contribution in [2.45, 2.75) is 13.2 Å². The fourth-order valence-corrected chi connectivity index (χ4v) is 1.49. The van der Waals surface area contributed by atoms with Crippen LogP contribution < -0.4 is 5.32 Å². The van der Waals surface area contributed by atoms with Gasteiger partial charge >= 0.3 is 0 Å². The fraction of sp³-hybridized carbons (Fsp3) is 0.231. The Balaban J connectivity index is 1.90. The zero-order valence-electron chi connectivity index (χ0n) is 9.27. The van der Waals surface area contributed by atoms with E-state index < -0.39 is 0 Å². The summed E-state index contributed by atoms with van der Waals surface area (Å²) in [6.45, 7) is 1.36. The Morgan fingerprint density at radius 2 is 2.00 bits per heavy atom. The molecular formula is C13H15NO2. The Kier molecular flexibility index (Phi) is 3.62. The smallest absolute Gasteiger partial charge is 0.122 e. The maximum absolute atomic E-state index is 5.24. The molecule has 1 heterocycles. The molecule has 0 aliphatic rings. The van der Waals surface area contributed by atoms with Crippen molar-refractivity contribution in [3.8, 4) is 0 Å². The van der Waals surface area contributed by atoms with E-state index in [1.165, 1.54) is 5.56 Å². The summed E-state index contributed by atoms with van der Waals surface area (Å²) in [7, 11) is 1.70. The largest absolute Gasteiger partial charge is 0.467 e. The minimum absolute atomic E-state index is 0.651. The molecule has 0 radical (unpaired) electrons. The van der Waals surface area contributed by atoms with Gasteiger partial charge in [-0.1, -0.05) is 12.1 Å². The van der Waals surface area contributed by atoms with Gasteiger partial charge in [-0.3, -0.25) is 0 Å². The molecule has 0 aliphatic heterocycles. The summed E-state index contributed by atoms with van der Waals surface area (Å²) in [4.78, 5) is 0. The second kappa shape index (κ2) is 5.37. The van der Waals surface area contributed by atoms with Gasteiger partial charge in [0, 0.05) is 12.8 Å². The highest BCUT2D eigenvalue weighted by Crippen LogP contribution is 2.11. The molecule has 0 saturated heterocycles. The summed E-state index contributed by atoms with van der Waals surface area (Å²) in [6, 6.07) is 12.0. The minimum atomic E-state index is 0.651. The summed E-state index contributed by atoms with van der Waals surface area (Å²) in [6.07, 6.45) is 1.68. The first-order valence-electron chi connectivity index (χ1n) is 5.22. The lowest BCUT2D eigenvalue weighted by molar-refractivity contribution is 0.185. The Morgan fingerprint density at radius 3 is 2.62 bits per heavy atom. The number of ether oxygens (including phenoxy) is 1. The van der Waals surface area contributed by atoms with Crippen LogP contribution in [0.25, 0.3) is 0 Å². The van der Waals surface area contributed by atoms with Gasteiger partial charge in [-0.25, -0.2) is 0 Å². The first-order chi connectivity index (χ1) is 7.88. The van der Waals surface area contributed by atoms with Gasteiger partial charge in [0.25, 0.3) is 0 Å². The molecule has 84 valence electrons. The Hall–Kier alpha value is -1.74. The van der Waals surface area contributed by atoms with Gasteiger partial charge in [0.15, 0.2) is 0 Å². The Labute approximate surface area is 95.0 Å². The molecule has 16 heavy (non-hydrogen) atoms. The molecule has 0 amide bonds. The van der Waals surface area contributed by atoms with Crippen LogP contribution in [0, 0.1) is 0 Å². The van der Waals surface area contributed by atoms with Gasteiger partial charge in [0.1, 0.15) is 5.76 Å². The number of furan rings is 1. The summed E-state index contributed by atoms with van der Waals surface area (Å²) in [5, 5.41) is 3.28. The number of rotatable bonds is 5. The van der Waals surface area contributed by atoms with Crippen LogP contribution in [0.2, 0.25) is 0 Å². The molecule has 1 aromatic carbocycles. The van der Waals surface area contributed by atoms with Gasteiger partial charge in [-0.2, -0.15) is 0 Å². The molecule has 0 spiro atoms. The van der Waals surface area contributed by atoms with Gasteiger partial charge in [-0.15, -0.1) is 0 Å². The van der Waals surface area contributed by atoms with Crippen molar-refractivity contribution >= 4 is 5.69 Å². The van der Waals surface area contributed by atoms with Gasteiger partial charge in [-0.05, 0) is 29.8 Å². The quantitative estimate of drug-likeness (QED) is 0.835. The van der Waals surface area contributed by atoms with Gasteiger partial charge in [0.05, 0.1) is 19.4 Å². The minimum Gasteiger partial charge on any atom is -0.467 e. The second-order valence-electron chi connectivity index (χ2n) is 3.56. The average molecular weight is 217 g/mol. The van der Waals surface area contributed by atoms with Crippen LogP contribution in [-0.2, 0) is 17.9 Å². The number of methoxy groups -OCH3 is 1. The summed E-state index contributed by atoms with van der Waals surface area (Å²) in [5.74, 6) is 0.931. The van der Waals surface area contributed by atoms with E-state index in [0.29, 0.717) is 13.2 Å². The lowest BCUT2D eigenvalue weighted by Gasteiger charge is -2.05. The topological polar surface area (TPSA) is 34.4 Å². The number of hydrogen-bond donors (Lipinski definition) is 1. The third-order valence-electron chi connectivity index (χ3n) is 2.31. The third kappa shape index (κ3) is 2.87. The number of nitrogens with one attached hydrogen (secondary N) is 1. The molecule has 0 unspecified atom stereocenters. The first-order valence-corrected chi connectivity index (χ1v) is 5.22. The van der Waals surface area contributed by atoms with Crippen LogP contribution in [0.5, 0.6) is 0 Å². The predicted molar refractivity (Wildman–Crippen MR) is 63.2 cm³/mol. The van der Waals surface area contributed by atoms with Crippen molar-refractivity contribution in [2.24, 2.45) is 0 Å². The maximum atomic E-state index is 5.24. The third-order valence-corrected chi connectivity index (χ3v) is 2.31. The van der Waals surface area contributed by atoms with Crippen molar-refractivity contribution < 1.29 is 9.15 Å². The van der Waals surface area contributed by atoms with Crippen molar-refractivity contribution in [3.63, 3.8) is 0 Å². The Morgan fingerprint density at radius 1 is 1.19 bits per heavy atom. The van der Waals surface area contributed by atoms with E-state index in [1.54, 1.807) is 13.4 Å². The molecule has 1 N–H and O–H groups in total. The molecule has 2 aromatic rings. The van der Waals surface area contributed by atoms with Gasteiger partial charge in [0.2, 0.25) is 0 Å². The van der Waals surface area contributed by atoms with Crippen molar-refractivity contribution in [2.75, 3.05) is 12.4 Å². The number of hydrogen-bond acceptors (Lipinski definition) is 3. The molecule has 2 rings (SSSR count). The zero-order valence-corrected chi connectivity index (χ0v) is 9.27. The van der Waals surface area contributed by atoms with E-state index in [2.05, 4.69) is 5.32 Å². The summed E-state index contributed by atoms with van der Waals surface area (Å²) >= 11 is 0. The van der Waals surface area contributed by atoms with Crippen molar-refractivity contribution in [1.82, 2.24) is 0 Å². The van der Waals surface area contributed by atoms with Crippen molar-refractivity contribution in [1.29, 1.82) is 0 Å². The Bertz CT molecular complexity index is 406. The highest BCUT2D eigenvalue weighted by molar-refractivity contribution is 5.44. The highest BCUT2D eigenvalue weighted by atomic mass is 16.5. The number of anilines is 1. The SMILES string of the molecule is COCc1ccc(NCc2ccco2)cc1. The van der Waals surface area contributed by atoms with E-state index in [1.807, 2.05) is 36.4 Å². The summed E-state index contributed by atoms with van der Waals surface area (Å²) in [5.41, 5.74) is 2.25. The van der Waals surface area contributed by atoms with Crippen LogP contribution in [0.4, 0.5) is 5.69 Å². The van der Waals surface area contributed by atoms with Crippen LogP contribution >= 0.6 is 0 Å².